The Bertz CT molecular complexity index is 1620. The van der Waals surface area contributed by atoms with Crippen LogP contribution in [0.2, 0.25) is 0 Å². The summed E-state index contributed by atoms with van der Waals surface area (Å²) in [5, 5.41) is 0.912. The third kappa shape index (κ3) is 4.94. The molecule has 210 valence electrons. The number of primary amides is 1. The van der Waals surface area contributed by atoms with Crippen LogP contribution in [0.5, 0.6) is 11.5 Å². The molecule has 0 radical (unpaired) electrons. The minimum atomic E-state index is -0.637. The van der Waals surface area contributed by atoms with Crippen LogP contribution in [-0.2, 0) is 6.54 Å². The van der Waals surface area contributed by atoms with Gasteiger partial charge >= 0.3 is 6.03 Å². The summed E-state index contributed by atoms with van der Waals surface area (Å²) < 4.78 is 11.0. The molecule has 11 nitrogen and oxygen atoms in total. The molecule has 2 aromatic carbocycles. The maximum Gasteiger partial charge on any atom is 0.329 e. The normalized spacial score (nSPS) is 15.7. The molecule has 11 heteroatoms. The Morgan fingerprint density at radius 3 is 2.51 bits per heavy atom. The van der Waals surface area contributed by atoms with Crippen molar-refractivity contribution in [1.29, 1.82) is 0 Å². The van der Waals surface area contributed by atoms with Crippen molar-refractivity contribution in [2.75, 3.05) is 43.7 Å². The maximum absolute atomic E-state index is 13.9. The first-order chi connectivity index (χ1) is 20.0. The van der Waals surface area contributed by atoms with E-state index in [1.54, 1.807) is 37.6 Å². The summed E-state index contributed by atoms with van der Waals surface area (Å²) in [5.41, 5.74) is 8.78. The van der Waals surface area contributed by atoms with Crippen LogP contribution in [-0.4, -0.2) is 65.6 Å². The van der Waals surface area contributed by atoms with E-state index in [-0.39, 0.29) is 11.7 Å². The van der Waals surface area contributed by atoms with Crippen LogP contribution >= 0.6 is 0 Å². The lowest BCUT2D eigenvalue weighted by atomic mass is 9.95. The fraction of sp³-hybridized carbons (Fsp3) is 0.300. The van der Waals surface area contributed by atoms with Crippen molar-refractivity contribution < 1.29 is 19.1 Å². The zero-order valence-electron chi connectivity index (χ0n) is 23.0. The number of urea groups is 1. The molecule has 6 rings (SSSR count). The summed E-state index contributed by atoms with van der Waals surface area (Å²) in [5.74, 6) is 1.82. The Hall–Kier alpha value is -4.93. The molecule has 1 fully saturated rings. The monoisotopic (exact) mass is 553 g/mol. The average Bonchev–Trinajstić information content (AvgIpc) is 3.01. The molecule has 0 saturated carbocycles. The molecule has 2 aliphatic rings. The highest BCUT2D eigenvalue weighted by Crippen LogP contribution is 2.38. The molecule has 1 saturated heterocycles. The smallest absolute Gasteiger partial charge is 0.329 e. The number of nitrogens with zero attached hydrogens (tertiary/aromatic N) is 6. The number of hydrogen-bond acceptors (Lipinski definition) is 8. The number of nitrogens with two attached hydrogens (primary N) is 1. The number of anilines is 3. The van der Waals surface area contributed by atoms with Gasteiger partial charge in [0.05, 0.1) is 31.1 Å². The molecule has 41 heavy (non-hydrogen) atoms. The molecule has 3 amide bonds. The van der Waals surface area contributed by atoms with Crippen LogP contribution in [0.4, 0.5) is 22.0 Å². The Morgan fingerprint density at radius 1 is 1.00 bits per heavy atom. The van der Waals surface area contributed by atoms with E-state index >= 15 is 0 Å². The number of piperidine rings is 1. The lowest BCUT2D eigenvalue weighted by Crippen LogP contribution is -2.48. The van der Waals surface area contributed by atoms with Gasteiger partial charge in [0.2, 0.25) is 0 Å². The molecule has 2 N–H and O–H groups in total. The number of aromatic nitrogens is 3. The number of carbonyl (C=O) groups excluding carboxylic acids is 2. The Kier molecular flexibility index (Phi) is 7.00. The lowest BCUT2D eigenvalue weighted by Gasteiger charge is -2.40. The van der Waals surface area contributed by atoms with Crippen molar-refractivity contribution in [3.05, 3.63) is 72.3 Å². The number of rotatable bonds is 7. The van der Waals surface area contributed by atoms with Gasteiger partial charge in [0.1, 0.15) is 17.8 Å². The van der Waals surface area contributed by atoms with Gasteiger partial charge in [0, 0.05) is 43.8 Å². The SMILES string of the molecule is COc1cc2ncnc(N3CCC(CN4Cc5ccccc5N(c5ccnc(C(N)=O)c5)C4=O)CC3)c2cc1OC. The van der Waals surface area contributed by atoms with E-state index in [0.717, 1.165) is 53.9 Å². The Morgan fingerprint density at radius 2 is 1.76 bits per heavy atom. The fourth-order valence-corrected chi connectivity index (χ4v) is 5.73. The van der Waals surface area contributed by atoms with Gasteiger partial charge in [-0.1, -0.05) is 18.2 Å². The van der Waals surface area contributed by atoms with Crippen LogP contribution in [0.25, 0.3) is 10.9 Å². The van der Waals surface area contributed by atoms with Gasteiger partial charge in [-0.3, -0.25) is 14.7 Å². The van der Waals surface area contributed by atoms with Gasteiger partial charge in [-0.05, 0) is 48.6 Å². The first kappa shape index (κ1) is 26.3. The zero-order chi connectivity index (χ0) is 28.5. The second-order valence-electron chi connectivity index (χ2n) is 10.2. The largest absolute Gasteiger partial charge is 0.493 e. The van der Waals surface area contributed by atoms with Crippen molar-refractivity contribution in [3.8, 4) is 11.5 Å². The van der Waals surface area contributed by atoms with Crippen molar-refractivity contribution in [3.63, 3.8) is 0 Å². The van der Waals surface area contributed by atoms with E-state index in [1.165, 1.54) is 6.20 Å². The van der Waals surface area contributed by atoms with Gasteiger partial charge < -0.3 is 25.0 Å². The Balaban J connectivity index is 1.20. The van der Waals surface area contributed by atoms with Gasteiger partial charge in [-0.25, -0.2) is 14.8 Å². The van der Waals surface area contributed by atoms with Crippen molar-refractivity contribution >= 4 is 40.0 Å². The summed E-state index contributed by atoms with van der Waals surface area (Å²) in [6, 6.07) is 14.8. The molecule has 2 aromatic heterocycles. The molecule has 0 unspecified atom stereocenters. The van der Waals surface area contributed by atoms with Crippen LogP contribution < -0.4 is 25.0 Å². The second kappa shape index (κ2) is 10.9. The van der Waals surface area contributed by atoms with Crippen molar-refractivity contribution in [2.45, 2.75) is 19.4 Å². The summed E-state index contributed by atoms with van der Waals surface area (Å²) in [4.78, 5) is 44.5. The number of benzene rings is 2. The average molecular weight is 554 g/mol. The van der Waals surface area contributed by atoms with Crippen LogP contribution in [0.1, 0.15) is 28.9 Å². The summed E-state index contributed by atoms with van der Waals surface area (Å²) in [6.45, 7) is 2.76. The summed E-state index contributed by atoms with van der Waals surface area (Å²) in [7, 11) is 3.22. The molecule has 2 aliphatic heterocycles. The van der Waals surface area contributed by atoms with Gasteiger partial charge in [-0.2, -0.15) is 0 Å². The van der Waals surface area contributed by atoms with E-state index in [9.17, 15) is 9.59 Å². The topological polar surface area (TPSA) is 127 Å². The third-order valence-corrected chi connectivity index (χ3v) is 7.82. The van der Waals surface area contributed by atoms with E-state index in [4.69, 9.17) is 15.2 Å². The zero-order valence-corrected chi connectivity index (χ0v) is 23.0. The minimum absolute atomic E-state index is 0.116. The van der Waals surface area contributed by atoms with Gasteiger partial charge in [-0.15, -0.1) is 0 Å². The number of para-hydroxylation sites is 1. The molecule has 0 spiro atoms. The maximum atomic E-state index is 13.9. The third-order valence-electron chi connectivity index (χ3n) is 7.82. The number of fused-ring (bicyclic) bond motifs is 2. The van der Waals surface area contributed by atoms with Crippen molar-refractivity contribution in [2.24, 2.45) is 11.7 Å². The predicted octanol–water partition coefficient (Wildman–Crippen LogP) is 4.13. The molecular weight excluding hydrogens is 522 g/mol. The minimum Gasteiger partial charge on any atom is -0.493 e. The predicted molar refractivity (Wildman–Crippen MR) is 155 cm³/mol. The highest BCUT2D eigenvalue weighted by molar-refractivity contribution is 6.03. The van der Waals surface area contributed by atoms with E-state index in [0.29, 0.717) is 36.2 Å². The summed E-state index contributed by atoms with van der Waals surface area (Å²) in [6.07, 6.45) is 4.90. The van der Waals surface area contributed by atoms with Gasteiger partial charge in [0.15, 0.2) is 11.5 Å². The first-order valence-electron chi connectivity index (χ1n) is 13.5. The number of methoxy groups -OCH3 is 2. The van der Waals surface area contributed by atoms with Crippen LogP contribution in [0, 0.1) is 5.92 Å². The first-order valence-corrected chi connectivity index (χ1v) is 13.5. The molecular formula is C30H31N7O4. The number of ether oxygens (including phenoxy) is 2. The summed E-state index contributed by atoms with van der Waals surface area (Å²) >= 11 is 0. The number of amides is 3. The van der Waals surface area contributed by atoms with Crippen LogP contribution in [0.15, 0.2) is 61.1 Å². The molecule has 4 heterocycles. The molecule has 0 bridgehead atoms. The standard InChI is InChI=1S/C30H31N7O4/c1-40-26-14-22-23(15-27(26)41-2)33-18-34-29(22)35-11-8-19(9-12-35)16-36-17-20-5-3-4-6-25(20)37(30(36)39)21-7-10-32-24(13-21)28(31)38/h3-7,10,13-15,18-19H,8-9,11-12,16-17H2,1-2H3,(H2,31,38). The lowest BCUT2D eigenvalue weighted by molar-refractivity contribution is 0.0995. The number of hydrogen-bond donors (Lipinski definition) is 1. The van der Waals surface area contributed by atoms with Crippen molar-refractivity contribution in [1.82, 2.24) is 19.9 Å². The highest BCUT2D eigenvalue weighted by atomic mass is 16.5. The molecule has 4 aromatic rings. The number of carbonyl (C=O) groups is 2. The van der Waals surface area contributed by atoms with Crippen LogP contribution in [0.3, 0.4) is 0 Å². The molecule has 0 aliphatic carbocycles. The van der Waals surface area contributed by atoms with E-state index in [2.05, 4.69) is 19.9 Å². The number of pyridine rings is 1. The fourth-order valence-electron chi connectivity index (χ4n) is 5.73. The van der Waals surface area contributed by atoms with Gasteiger partial charge in [0.25, 0.3) is 5.91 Å². The van der Waals surface area contributed by atoms with E-state index < -0.39 is 5.91 Å². The van der Waals surface area contributed by atoms with E-state index in [1.807, 2.05) is 41.3 Å². The Labute approximate surface area is 237 Å². The molecule has 0 atom stereocenters. The highest BCUT2D eigenvalue weighted by Gasteiger charge is 2.34. The quantitative estimate of drug-likeness (QED) is 0.362. The second-order valence-corrected chi connectivity index (χ2v) is 10.2.